The number of anilines is 1. The highest BCUT2D eigenvalue weighted by atomic mass is 35.5. The van der Waals surface area contributed by atoms with Gasteiger partial charge in [-0.15, -0.1) is 0 Å². The highest BCUT2D eigenvalue weighted by Crippen LogP contribution is 2.20. The van der Waals surface area contributed by atoms with Crippen LogP contribution in [0.4, 0.5) is 5.82 Å². The van der Waals surface area contributed by atoms with Gasteiger partial charge in [0, 0.05) is 31.4 Å². The minimum absolute atomic E-state index is 0.00700. The van der Waals surface area contributed by atoms with Crippen molar-refractivity contribution in [3.05, 3.63) is 52.9 Å². The standard InChI is InChI=1S/C24H27ClN6O4/c1-14(2)30-9-7-17(8-10-30)27-23(33)22-28-18-11-15(24(34)35)3-5-19(18)31(22)13-21(32)29-20-6-4-16(25)12-26-20/h3-6,11-12,14,17H,7-10,13H2,1-2H3,(H,27,33)(H,34,35)(H,26,29,32). The van der Waals surface area contributed by atoms with Gasteiger partial charge in [0.05, 0.1) is 21.6 Å². The van der Waals surface area contributed by atoms with Gasteiger partial charge in [-0.1, -0.05) is 11.6 Å². The second-order valence-electron chi connectivity index (χ2n) is 8.82. The largest absolute Gasteiger partial charge is 0.478 e. The Hall–Kier alpha value is -3.50. The minimum Gasteiger partial charge on any atom is -0.478 e. The molecule has 3 N–H and O–H groups in total. The Morgan fingerprint density at radius 1 is 1.17 bits per heavy atom. The van der Waals surface area contributed by atoms with Crippen molar-refractivity contribution >= 4 is 46.2 Å². The molecule has 11 heteroatoms. The number of imidazole rings is 1. The molecule has 0 bridgehead atoms. The highest BCUT2D eigenvalue weighted by Gasteiger charge is 2.26. The van der Waals surface area contributed by atoms with Crippen LogP contribution in [0, 0.1) is 0 Å². The molecule has 4 rings (SSSR count). The number of piperidine rings is 1. The first-order valence-corrected chi connectivity index (χ1v) is 11.8. The van der Waals surface area contributed by atoms with Crippen LogP contribution < -0.4 is 10.6 Å². The van der Waals surface area contributed by atoms with Crippen molar-refractivity contribution in [1.82, 2.24) is 24.8 Å². The lowest BCUT2D eigenvalue weighted by Crippen LogP contribution is -2.47. The van der Waals surface area contributed by atoms with E-state index in [-0.39, 0.29) is 24.0 Å². The number of nitrogens with zero attached hydrogens (tertiary/aromatic N) is 4. The summed E-state index contributed by atoms with van der Waals surface area (Å²) in [6.07, 6.45) is 3.05. The third kappa shape index (κ3) is 5.77. The van der Waals surface area contributed by atoms with E-state index in [1.54, 1.807) is 18.2 Å². The Bertz CT molecular complexity index is 1250. The predicted octanol–water partition coefficient (Wildman–Crippen LogP) is 3.02. The lowest BCUT2D eigenvalue weighted by molar-refractivity contribution is -0.116. The van der Waals surface area contributed by atoms with Crippen molar-refractivity contribution in [2.75, 3.05) is 18.4 Å². The smallest absolute Gasteiger partial charge is 0.335 e. The van der Waals surface area contributed by atoms with Crippen molar-refractivity contribution < 1.29 is 19.5 Å². The number of halogens is 1. The van der Waals surface area contributed by atoms with Crippen molar-refractivity contribution in [2.45, 2.75) is 45.3 Å². The summed E-state index contributed by atoms with van der Waals surface area (Å²) in [7, 11) is 0. The molecule has 10 nitrogen and oxygen atoms in total. The van der Waals surface area contributed by atoms with Crippen LogP contribution in [0.1, 0.15) is 47.7 Å². The summed E-state index contributed by atoms with van der Waals surface area (Å²) < 4.78 is 1.49. The van der Waals surface area contributed by atoms with Gasteiger partial charge in [-0.05, 0) is 57.0 Å². The van der Waals surface area contributed by atoms with Gasteiger partial charge >= 0.3 is 5.97 Å². The van der Waals surface area contributed by atoms with E-state index in [9.17, 15) is 19.5 Å². The fraction of sp³-hybridized carbons (Fsp3) is 0.375. The molecule has 0 unspecified atom stereocenters. The molecule has 1 aromatic carbocycles. The lowest BCUT2D eigenvalue weighted by atomic mass is 10.0. The topological polar surface area (TPSA) is 129 Å². The van der Waals surface area contributed by atoms with Crippen LogP contribution in [0.3, 0.4) is 0 Å². The first-order chi connectivity index (χ1) is 16.7. The number of carbonyl (C=O) groups excluding carboxylic acids is 2. The minimum atomic E-state index is -1.10. The summed E-state index contributed by atoms with van der Waals surface area (Å²) >= 11 is 5.85. The van der Waals surface area contributed by atoms with Gasteiger partial charge in [0.15, 0.2) is 0 Å². The normalized spacial score (nSPS) is 14.9. The van der Waals surface area contributed by atoms with Crippen LogP contribution in [-0.2, 0) is 11.3 Å². The van der Waals surface area contributed by atoms with E-state index >= 15 is 0 Å². The summed E-state index contributed by atoms with van der Waals surface area (Å²) in [4.78, 5) is 48.2. The molecule has 184 valence electrons. The van der Waals surface area contributed by atoms with Gasteiger partial charge in [0.1, 0.15) is 12.4 Å². The van der Waals surface area contributed by atoms with Crippen molar-refractivity contribution in [2.24, 2.45) is 0 Å². The monoisotopic (exact) mass is 498 g/mol. The molecule has 2 aromatic heterocycles. The zero-order valence-electron chi connectivity index (χ0n) is 19.5. The fourth-order valence-corrected chi connectivity index (χ4v) is 4.29. The highest BCUT2D eigenvalue weighted by molar-refractivity contribution is 6.30. The van der Waals surface area contributed by atoms with Gasteiger partial charge in [0.25, 0.3) is 5.91 Å². The third-order valence-electron chi connectivity index (χ3n) is 6.09. The molecule has 0 radical (unpaired) electrons. The van der Waals surface area contributed by atoms with Crippen molar-refractivity contribution in [3.8, 4) is 0 Å². The zero-order valence-corrected chi connectivity index (χ0v) is 20.2. The molecule has 1 aliphatic rings. The average molecular weight is 499 g/mol. The van der Waals surface area contributed by atoms with E-state index in [0.29, 0.717) is 27.9 Å². The maximum absolute atomic E-state index is 13.2. The molecule has 3 aromatic rings. The van der Waals surface area contributed by atoms with Crippen LogP contribution in [0.25, 0.3) is 11.0 Å². The number of carboxylic acid groups (broad SMARTS) is 1. The quantitative estimate of drug-likeness (QED) is 0.456. The van der Waals surface area contributed by atoms with E-state index < -0.39 is 17.8 Å². The number of likely N-dealkylation sites (tertiary alicyclic amines) is 1. The molecular weight excluding hydrogens is 472 g/mol. The number of nitrogens with one attached hydrogen (secondary N) is 2. The molecule has 0 atom stereocenters. The number of amides is 2. The number of fused-ring (bicyclic) bond motifs is 1. The van der Waals surface area contributed by atoms with Crippen LogP contribution in [0.5, 0.6) is 0 Å². The number of hydrogen-bond donors (Lipinski definition) is 3. The SMILES string of the molecule is CC(C)N1CCC(NC(=O)c2nc3cc(C(=O)O)ccc3n2CC(=O)Nc2ccc(Cl)cn2)CC1. The number of benzene rings is 1. The first kappa shape index (κ1) is 24.6. The summed E-state index contributed by atoms with van der Waals surface area (Å²) in [5.74, 6) is -1.55. The molecule has 0 aliphatic carbocycles. The maximum Gasteiger partial charge on any atom is 0.335 e. The second kappa shape index (κ2) is 10.4. The second-order valence-corrected chi connectivity index (χ2v) is 9.25. The van der Waals surface area contributed by atoms with Gasteiger partial charge in [-0.2, -0.15) is 0 Å². The lowest BCUT2D eigenvalue weighted by Gasteiger charge is -2.34. The number of aromatic carboxylic acids is 1. The van der Waals surface area contributed by atoms with Gasteiger partial charge in [0.2, 0.25) is 11.7 Å². The average Bonchev–Trinajstić information content (AvgIpc) is 3.18. The third-order valence-corrected chi connectivity index (χ3v) is 6.31. The molecule has 3 heterocycles. The summed E-state index contributed by atoms with van der Waals surface area (Å²) in [6.45, 7) is 5.87. The molecule has 0 spiro atoms. The van der Waals surface area contributed by atoms with E-state index in [4.69, 9.17) is 11.6 Å². The predicted molar refractivity (Wildman–Crippen MR) is 132 cm³/mol. The number of pyridine rings is 1. The van der Waals surface area contributed by atoms with Gasteiger partial charge in [-0.3, -0.25) is 9.59 Å². The van der Waals surface area contributed by atoms with Crippen LogP contribution >= 0.6 is 11.6 Å². The van der Waals surface area contributed by atoms with Crippen LogP contribution in [0.15, 0.2) is 36.5 Å². The van der Waals surface area contributed by atoms with E-state index in [0.717, 1.165) is 25.9 Å². The molecule has 0 saturated carbocycles. The molecule has 1 fully saturated rings. The number of aromatic nitrogens is 3. The molecule has 1 aliphatic heterocycles. The van der Waals surface area contributed by atoms with Crippen LogP contribution in [-0.4, -0.2) is 67.5 Å². The van der Waals surface area contributed by atoms with Crippen molar-refractivity contribution in [3.63, 3.8) is 0 Å². The Kier molecular flexibility index (Phi) is 7.32. The fourth-order valence-electron chi connectivity index (χ4n) is 4.18. The van der Waals surface area contributed by atoms with Gasteiger partial charge in [-0.25, -0.2) is 14.8 Å². The number of rotatable bonds is 7. The molecule has 2 amide bonds. The molecule has 35 heavy (non-hydrogen) atoms. The number of carboxylic acids is 1. The Labute approximate surface area is 207 Å². The van der Waals surface area contributed by atoms with E-state index in [1.807, 2.05) is 0 Å². The first-order valence-electron chi connectivity index (χ1n) is 11.4. The van der Waals surface area contributed by atoms with Crippen molar-refractivity contribution in [1.29, 1.82) is 0 Å². The zero-order chi connectivity index (χ0) is 25.1. The summed E-state index contributed by atoms with van der Waals surface area (Å²) in [6, 6.07) is 7.99. The van der Waals surface area contributed by atoms with E-state index in [1.165, 1.54) is 22.9 Å². The Morgan fingerprint density at radius 3 is 2.54 bits per heavy atom. The molecular formula is C24H27ClN6O4. The van der Waals surface area contributed by atoms with Crippen LogP contribution in [0.2, 0.25) is 5.02 Å². The Balaban J connectivity index is 1.58. The molecule has 1 saturated heterocycles. The summed E-state index contributed by atoms with van der Waals surface area (Å²) in [5.41, 5.74) is 0.848. The maximum atomic E-state index is 13.2. The van der Waals surface area contributed by atoms with E-state index in [2.05, 4.69) is 39.3 Å². The van der Waals surface area contributed by atoms with Gasteiger partial charge < -0.3 is 25.2 Å². The number of hydrogen-bond acceptors (Lipinski definition) is 6. The number of carbonyl (C=O) groups is 3. The Morgan fingerprint density at radius 2 is 1.91 bits per heavy atom. The summed E-state index contributed by atoms with van der Waals surface area (Å²) in [5, 5.41) is 15.5.